The normalized spacial score (nSPS) is 25.7. The minimum absolute atomic E-state index is 0.0280. The number of benzene rings is 1. The molecule has 230 valence electrons. The van der Waals surface area contributed by atoms with Gasteiger partial charge in [-0.05, 0) is 62.6 Å². The third kappa shape index (κ3) is 4.98. The fraction of sp³-hybridized carbons (Fsp3) is 0.548. The summed E-state index contributed by atoms with van der Waals surface area (Å²) in [5, 5.41) is 26.4. The first-order valence-electron chi connectivity index (χ1n) is 14.3. The first-order chi connectivity index (χ1) is 20.0. The summed E-state index contributed by atoms with van der Waals surface area (Å²) in [6.45, 7) is 7.52. The molecule has 0 unspecified atom stereocenters. The summed E-state index contributed by atoms with van der Waals surface area (Å²) in [5.41, 5.74) is -2.35. The van der Waals surface area contributed by atoms with E-state index < -0.39 is 35.3 Å². The minimum atomic E-state index is -4.37. The fourth-order valence-corrected chi connectivity index (χ4v) is 7.15. The highest BCUT2D eigenvalue weighted by Crippen LogP contribution is 2.72. The van der Waals surface area contributed by atoms with E-state index in [1.807, 2.05) is 6.92 Å². The van der Waals surface area contributed by atoms with Gasteiger partial charge >= 0.3 is 12.3 Å². The molecule has 1 saturated heterocycles. The first-order valence-corrected chi connectivity index (χ1v) is 14.3. The van der Waals surface area contributed by atoms with Crippen LogP contribution in [0, 0.1) is 10.8 Å². The van der Waals surface area contributed by atoms with Gasteiger partial charge in [-0.1, -0.05) is 36.3 Å². The maximum Gasteiger partial charge on any atom is 0.410 e. The summed E-state index contributed by atoms with van der Waals surface area (Å²) < 4.78 is 50.2. The molecular weight excluding hydrogens is 565 g/mol. The highest BCUT2D eigenvalue weighted by atomic mass is 19.4. The zero-order valence-electron chi connectivity index (χ0n) is 24.5. The number of halogens is 3. The van der Waals surface area contributed by atoms with Gasteiger partial charge in [0, 0.05) is 48.5 Å². The van der Waals surface area contributed by atoms with Gasteiger partial charge in [0.2, 0.25) is 0 Å². The summed E-state index contributed by atoms with van der Waals surface area (Å²) in [7, 11) is 0. The number of carbonyl (C=O) groups is 1. The van der Waals surface area contributed by atoms with Crippen LogP contribution >= 0.6 is 0 Å². The molecule has 3 heterocycles. The number of carbonyl (C=O) groups excluding carboxylic acids is 1. The molecule has 12 heteroatoms. The molecule has 43 heavy (non-hydrogen) atoms. The van der Waals surface area contributed by atoms with Gasteiger partial charge in [-0.2, -0.15) is 18.2 Å². The number of aliphatic hydroxyl groups is 2. The molecular formula is C31H35F3N4O5. The van der Waals surface area contributed by atoms with Gasteiger partial charge in [0.05, 0.1) is 12.0 Å². The number of hydrogen-bond donors (Lipinski definition) is 2. The minimum Gasteiger partial charge on any atom is -0.444 e. The van der Waals surface area contributed by atoms with E-state index in [-0.39, 0.29) is 42.0 Å². The van der Waals surface area contributed by atoms with Crippen LogP contribution in [0.2, 0.25) is 0 Å². The molecule has 0 spiro atoms. The van der Waals surface area contributed by atoms with Crippen LogP contribution in [0.25, 0.3) is 11.5 Å². The van der Waals surface area contributed by atoms with E-state index in [1.165, 1.54) is 35.4 Å². The lowest BCUT2D eigenvalue weighted by molar-refractivity contribution is -0.172. The van der Waals surface area contributed by atoms with Gasteiger partial charge in [-0.15, -0.1) is 0 Å². The topological polar surface area (TPSA) is 122 Å². The van der Waals surface area contributed by atoms with Crippen molar-refractivity contribution in [3.05, 3.63) is 65.2 Å². The van der Waals surface area contributed by atoms with Crippen molar-refractivity contribution < 1.29 is 37.4 Å². The van der Waals surface area contributed by atoms with Crippen LogP contribution in [0.1, 0.15) is 69.5 Å². The standard InChI is InChI=1S/C31H35F3N4O5/c1-26(2,3)42-25(40)38-16-27(4,17-38)31(41,21-7-5-19(6-8-21)10-30(32,33)34)22-9-20(11-35-12-22)23-36-24(37-43-23)29-13-28(14-29,15-29)18-39/h5-9,11-12,39,41H,10,13-18H2,1-4H3/t28?,29?,31-/m0/s1. The molecule has 9 nitrogen and oxygen atoms in total. The average Bonchev–Trinajstić information content (AvgIpc) is 3.33. The number of nitrogens with zero attached hydrogens (tertiary/aromatic N) is 4. The lowest BCUT2D eigenvalue weighted by Gasteiger charge is -2.68. The quantitative estimate of drug-likeness (QED) is 0.382. The molecule has 2 bridgehead atoms. The Labute approximate surface area is 247 Å². The van der Waals surface area contributed by atoms with Gasteiger partial charge in [0.15, 0.2) is 5.82 Å². The van der Waals surface area contributed by atoms with Gasteiger partial charge < -0.3 is 24.4 Å². The van der Waals surface area contributed by atoms with Crippen LogP contribution in [0.15, 0.2) is 47.2 Å². The molecule has 4 aliphatic rings. The van der Waals surface area contributed by atoms with Crippen molar-refractivity contribution in [2.75, 3.05) is 19.7 Å². The summed E-state index contributed by atoms with van der Waals surface area (Å²) in [5.74, 6) is 0.807. The van der Waals surface area contributed by atoms with Crippen LogP contribution in [-0.2, 0) is 22.2 Å². The fourth-order valence-electron chi connectivity index (χ4n) is 7.15. The molecule has 1 aromatic carbocycles. The van der Waals surface area contributed by atoms with Crippen molar-refractivity contribution in [1.29, 1.82) is 0 Å². The molecule has 3 aromatic rings. The van der Waals surface area contributed by atoms with E-state index in [9.17, 15) is 28.2 Å². The van der Waals surface area contributed by atoms with Crippen LogP contribution in [-0.4, -0.2) is 67.8 Å². The van der Waals surface area contributed by atoms with E-state index in [0.29, 0.717) is 22.5 Å². The zero-order valence-corrected chi connectivity index (χ0v) is 24.5. The summed E-state index contributed by atoms with van der Waals surface area (Å²) in [6, 6.07) is 7.36. The Bertz CT molecular complexity index is 1520. The highest BCUT2D eigenvalue weighted by molar-refractivity contribution is 5.70. The second kappa shape index (κ2) is 9.49. The van der Waals surface area contributed by atoms with Gasteiger partial charge in [0.25, 0.3) is 5.89 Å². The molecule has 1 amide bonds. The second-order valence-corrected chi connectivity index (χ2v) is 14.0. The largest absolute Gasteiger partial charge is 0.444 e. The Morgan fingerprint density at radius 1 is 1.07 bits per heavy atom. The first kappa shape index (κ1) is 29.6. The molecule has 1 aliphatic heterocycles. The van der Waals surface area contributed by atoms with E-state index in [0.717, 1.165) is 19.3 Å². The Balaban J connectivity index is 1.33. The number of hydrogen-bond acceptors (Lipinski definition) is 8. The van der Waals surface area contributed by atoms with Crippen molar-refractivity contribution in [2.45, 2.75) is 76.2 Å². The SMILES string of the molecule is CC(C)(C)OC(=O)N1CC(C)([C@](O)(c2ccc(CC(F)(F)F)cc2)c2cncc(-c3nc(C45CC(CO)(C4)C5)no3)c2)C1. The number of ether oxygens (including phenoxy) is 1. The number of alkyl halides is 3. The number of likely N-dealkylation sites (tertiary alicyclic amines) is 1. The van der Waals surface area contributed by atoms with E-state index in [4.69, 9.17) is 9.26 Å². The van der Waals surface area contributed by atoms with Crippen molar-refractivity contribution in [2.24, 2.45) is 10.8 Å². The molecule has 4 fully saturated rings. The average molecular weight is 601 g/mol. The predicted molar refractivity (Wildman–Crippen MR) is 148 cm³/mol. The Morgan fingerprint density at radius 2 is 1.72 bits per heavy atom. The Morgan fingerprint density at radius 3 is 2.30 bits per heavy atom. The number of amides is 1. The van der Waals surface area contributed by atoms with Crippen LogP contribution in [0.3, 0.4) is 0 Å². The molecule has 1 atom stereocenters. The second-order valence-electron chi connectivity index (χ2n) is 14.0. The summed E-state index contributed by atoms with van der Waals surface area (Å²) in [4.78, 5) is 23.2. The smallest absolute Gasteiger partial charge is 0.410 e. The predicted octanol–water partition coefficient (Wildman–Crippen LogP) is 5.14. The van der Waals surface area contributed by atoms with E-state index in [2.05, 4.69) is 15.1 Å². The summed E-state index contributed by atoms with van der Waals surface area (Å²) >= 11 is 0. The third-order valence-electron chi connectivity index (χ3n) is 9.16. The maximum atomic E-state index is 13.0. The Hall–Kier alpha value is -3.51. The van der Waals surface area contributed by atoms with E-state index in [1.54, 1.807) is 33.0 Å². The number of pyridine rings is 1. The van der Waals surface area contributed by atoms with Crippen molar-refractivity contribution in [1.82, 2.24) is 20.0 Å². The van der Waals surface area contributed by atoms with Gasteiger partial charge in [-0.3, -0.25) is 4.98 Å². The van der Waals surface area contributed by atoms with Crippen LogP contribution < -0.4 is 0 Å². The van der Waals surface area contributed by atoms with E-state index >= 15 is 0 Å². The van der Waals surface area contributed by atoms with Crippen LogP contribution in [0.5, 0.6) is 0 Å². The Kier molecular flexibility index (Phi) is 6.53. The van der Waals surface area contributed by atoms with Gasteiger partial charge in [-0.25, -0.2) is 4.79 Å². The molecule has 7 rings (SSSR count). The summed E-state index contributed by atoms with van der Waals surface area (Å²) in [6.07, 6.45) is -0.509. The molecule has 2 N–H and O–H groups in total. The van der Waals surface area contributed by atoms with Crippen molar-refractivity contribution >= 4 is 6.09 Å². The van der Waals surface area contributed by atoms with Crippen LogP contribution in [0.4, 0.5) is 18.0 Å². The number of aliphatic hydroxyl groups excluding tert-OH is 1. The lowest BCUT2D eigenvalue weighted by Crippen LogP contribution is -2.66. The van der Waals surface area contributed by atoms with Gasteiger partial charge in [0.1, 0.15) is 11.2 Å². The molecule has 2 aromatic heterocycles. The molecule has 3 saturated carbocycles. The van der Waals surface area contributed by atoms with Crippen molar-refractivity contribution in [3.8, 4) is 11.5 Å². The monoisotopic (exact) mass is 600 g/mol. The highest BCUT2D eigenvalue weighted by Gasteiger charge is 2.70. The third-order valence-corrected chi connectivity index (χ3v) is 9.16. The maximum absolute atomic E-state index is 13.0. The molecule has 3 aliphatic carbocycles. The number of rotatable bonds is 7. The lowest BCUT2D eigenvalue weighted by atomic mass is 9.35. The zero-order chi connectivity index (χ0) is 31.1. The number of aromatic nitrogens is 3. The van der Waals surface area contributed by atoms with Crippen molar-refractivity contribution in [3.63, 3.8) is 0 Å². The molecule has 0 radical (unpaired) electrons.